The van der Waals surface area contributed by atoms with E-state index in [-0.39, 0.29) is 23.4 Å². The second-order valence-corrected chi connectivity index (χ2v) is 8.92. The van der Waals surface area contributed by atoms with Gasteiger partial charge in [0.1, 0.15) is 11.6 Å². The standard InChI is InChI=1S/C22H19ClF2N2O3S/c23-15-3-6-18(7-4-15)31(29)27(20-14-16(24)5-8-19(20)25)17-9-11-26(12-10-17)22(28)21-2-1-13-30-21/h1-8,13-14,17H,9-12H2. The molecule has 4 rings (SSSR count). The van der Waals surface area contributed by atoms with Crippen molar-refractivity contribution in [1.82, 2.24) is 4.90 Å². The molecule has 0 N–H and O–H groups in total. The molecule has 31 heavy (non-hydrogen) atoms. The van der Waals surface area contributed by atoms with Crippen molar-refractivity contribution in [2.45, 2.75) is 23.8 Å². The molecule has 1 atom stereocenters. The predicted octanol–water partition coefficient (Wildman–Crippen LogP) is 5.05. The lowest BCUT2D eigenvalue weighted by molar-refractivity contribution is 0.0683. The van der Waals surface area contributed by atoms with Crippen LogP contribution in [0.25, 0.3) is 0 Å². The number of carbonyl (C=O) groups excluding carboxylic acids is 1. The quantitative estimate of drug-likeness (QED) is 0.531. The molecule has 1 fully saturated rings. The van der Waals surface area contributed by atoms with Crippen molar-refractivity contribution in [3.63, 3.8) is 0 Å². The van der Waals surface area contributed by atoms with Crippen LogP contribution in [0.15, 0.2) is 70.2 Å². The van der Waals surface area contributed by atoms with Gasteiger partial charge in [-0.1, -0.05) is 11.6 Å². The van der Waals surface area contributed by atoms with Crippen LogP contribution < -0.4 is 4.31 Å². The van der Waals surface area contributed by atoms with Gasteiger partial charge >= 0.3 is 0 Å². The Hall–Kier alpha value is -2.71. The lowest BCUT2D eigenvalue weighted by atomic mass is 10.0. The van der Waals surface area contributed by atoms with Crippen LogP contribution in [-0.2, 0) is 11.0 Å². The maximum Gasteiger partial charge on any atom is 0.289 e. The highest BCUT2D eigenvalue weighted by molar-refractivity contribution is 7.86. The van der Waals surface area contributed by atoms with Crippen molar-refractivity contribution in [2.24, 2.45) is 0 Å². The Morgan fingerprint density at radius 1 is 1.10 bits per heavy atom. The number of piperidine rings is 1. The van der Waals surface area contributed by atoms with Gasteiger partial charge in [-0.15, -0.1) is 0 Å². The van der Waals surface area contributed by atoms with E-state index in [4.69, 9.17) is 16.0 Å². The second-order valence-electron chi connectivity index (χ2n) is 7.13. The normalized spacial score (nSPS) is 15.6. The summed E-state index contributed by atoms with van der Waals surface area (Å²) in [5.41, 5.74) is -0.0795. The SMILES string of the molecule is O=C(c1ccco1)N1CCC(N(c2cc(F)ccc2F)S(=O)c2ccc(Cl)cc2)CC1. The predicted molar refractivity (Wildman–Crippen MR) is 114 cm³/mol. The zero-order valence-corrected chi connectivity index (χ0v) is 17.9. The minimum atomic E-state index is -1.80. The number of hydrogen-bond acceptors (Lipinski definition) is 3. The van der Waals surface area contributed by atoms with E-state index in [0.717, 1.165) is 18.2 Å². The Balaban J connectivity index is 1.61. The topological polar surface area (TPSA) is 53.8 Å². The smallest absolute Gasteiger partial charge is 0.289 e. The summed E-state index contributed by atoms with van der Waals surface area (Å²) in [4.78, 5) is 14.6. The van der Waals surface area contributed by atoms with E-state index in [2.05, 4.69) is 0 Å². The minimum Gasteiger partial charge on any atom is -0.459 e. The van der Waals surface area contributed by atoms with Gasteiger partial charge in [0.2, 0.25) is 0 Å². The van der Waals surface area contributed by atoms with Gasteiger partial charge in [0.15, 0.2) is 16.7 Å². The number of furan rings is 1. The number of amides is 1. The van der Waals surface area contributed by atoms with E-state index in [9.17, 15) is 17.8 Å². The van der Waals surface area contributed by atoms with Crippen LogP contribution in [0.3, 0.4) is 0 Å². The lowest BCUT2D eigenvalue weighted by Gasteiger charge is -2.38. The Morgan fingerprint density at radius 3 is 2.45 bits per heavy atom. The van der Waals surface area contributed by atoms with E-state index in [1.165, 1.54) is 10.6 Å². The molecule has 0 radical (unpaired) electrons. The molecule has 1 unspecified atom stereocenters. The first-order chi connectivity index (χ1) is 14.9. The van der Waals surface area contributed by atoms with Crippen molar-refractivity contribution in [2.75, 3.05) is 17.4 Å². The summed E-state index contributed by atoms with van der Waals surface area (Å²) in [5.74, 6) is -1.28. The van der Waals surface area contributed by atoms with E-state index in [1.54, 1.807) is 41.3 Å². The van der Waals surface area contributed by atoms with Gasteiger partial charge in [-0.3, -0.25) is 9.10 Å². The van der Waals surface area contributed by atoms with Crippen LogP contribution in [-0.4, -0.2) is 34.1 Å². The van der Waals surface area contributed by atoms with Gasteiger partial charge < -0.3 is 9.32 Å². The monoisotopic (exact) mass is 464 g/mol. The lowest BCUT2D eigenvalue weighted by Crippen LogP contribution is -2.47. The van der Waals surface area contributed by atoms with Gasteiger partial charge in [-0.05, 0) is 61.4 Å². The molecular weight excluding hydrogens is 446 g/mol. The van der Waals surface area contributed by atoms with Crippen molar-refractivity contribution in [3.8, 4) is 0 Å². The molecule has 162 valence electrons. The molecule has 2 heterocycles. The molecule has 0 aliphatic carbocycles. The van der Waals surface area contributed by atoms with Gasteiger partial charge in [0.05, 0.1) is 16.8 Å². The summed E-state index contributed by atoms with van der Waals surface area (Å²) < 4.78 is 48.6. The summed E-state index contributed by atoms with van der Waals surface area (Å²) >= 11 is 5.93. The molecule has 9 heteroatoms. The Labute approximate surface area is 185 Å². The van der Waals surface area contributed by atoms with E-state index in [1.807, 2.05) is 0 Å². The molecule has 3 aromatic rings. The Kier molecular flexibility index (Phi) is 6.38. The highest BCUT2D eigenvalue weighted by atomic mass is 35.5. The molecule has 0 bridgehead atoms. The molecule has 1 aliphatic heterocycles. The molecule has 2 aromatic carbocycles. The van der Waals surface area contributed by atoms with Crippen LogP contribution in [0.1, 0.15) is 23.4 Å². The van der Waals surface area contributed by atoms with Crippen molar-refractivity contribution in [1.29, 1.82) is 0 Å². The fourth-order valence-corrected chi connectivity index (χ4v) is 5.12. The number of anilines is 1. The number of halogens is 3. The summed E-state index contributed by atoms with van der Waals surface area (Å²) in [5, 5.41) is 0.481. The zero-order chi connectivity index (χ0) is 22.0. The molecule has 1 aromatic heterocycles. The third kappa shape index (κ3) is 4.65. The maximum absolute atomic E-state index is 14.7. The second kappa shape index (κ2) is 9.20. The van der Waals surface area contributed by atoms with Gasteiger partial charge in [0, 0.05) is 30.2 Å². The van der Waals surface area contributed by atoms with Crippen LogP contribution in [0.4, 0.5) is 14.5 Å². The summed E-state index contributed by atoms with van der Waals surface area (Å²) in [6.45, 7) is 0.741. The number of rotatable bonds is 5. The number of nitrogens with zero attached hydrogens (tertiary/aromatic N) is 2. The molecule has 5 nitrogen and oxygen atoms in total. The molecule has 1 saturated heterocycles. The molecular formula is C22H19ClF2N2O3S. The molecule has 0 saturated carbocycles. The largest absolute Gasteiger partial charge is 0.459 e. The van der Waals surface area contributed by atoms with Crippen LogP contribution in [0.5, 0.6) is 0 Å². The van der Waals surface area contributed by atoms with Gasteiger partial charge in [0.25, 0.3) is 5.91 Å². The van der Waals surface area contributed by atoms with E-state index >= 15 is 0 Å². The van der Waals surface area contributed by atoms with Gasteiger partial charge in [-0.25, -0.2) is 13.0 Å². The highest BCUT2D eigenvalue weighted by Gasteiger charge is 2.33. The molecule has 0 spiro atoms. The summed E-state index contributed by atoms with van der Waals surface area (Å²) in [6, 6.07) is 12.3. The Morgan fingerprint density at radius 2 is 1.81 bits per heavy atom. The highest BCUT2D eigenvalue weighted by Crippen LogP contribution is 2.31. The molecule has 1 amide bonds. The number of benzene rings is 2. The third-order valence-corrected chi connectivity index (χ3v) is 6.93. The van der Waals surface area contributed by atoms with Crippen LogP contribution in [0.2, 0.25) is 5.02 Å². The minimum absolute atomic E-state index is 0.0795. The van der Waals surface area contributed by atoms with Crippen molar-refractivity contribution >= 4 is 34.2 Å². The van der Waals surface area contributed by atoms with E-state index < -0.39 is 22.6 Å². The summed E-state index contributed by atoms with van der Waals surface area (Å²) in [7, 11) is -1.80. The summed E-state index contributed by atoms with van der Waals surface area (Å²) in [6.07, 6.45) is 2.30. The average molecular weight is 465 g/mol. The van der Waals surface area contributed by atoms with Gasteiger partial charge in [-0.2, -0.15) is 0 Å². The third-order valence-electron chi connectivity index (χ3n) is 5.15. The number of likely N-dealkylation sites (tertiary alicyclic amines) is 1. The maximum atomic E-state index is 14.7. The fourth-order valence-electron chi connectivity index (χ4n) is 3.60. The fraction of sp³-hybridized carbons (Fsp3) is 0.227. The van der Waals surface area contributed by atoms with Crippen LogP contribution >= 0.6 is 11.6 Å². The van der Waals surface area contributed by atoms with Crippen molar-refractivity contribution in [3.05, 3.63) is 83.3 Å². The van der Waals surface area contributed by atoms with Crippen LogP contribution in [0, 0.1) is 11.6 Å². The molecule has 1 aliphatic rings. The first kappa shape index (κ1) is 21.5. The zero-order valence-electron chi connectivity index (χ0n) is 16.3. The number of hydrogen-bond donors (Lipinski definition) is 0. The number of carbonyl (C=O) groups is 1. The Bertz CT molecular complexity index is 1080. The first-order valence-electron chi connectivity index (χ1n) is 9.68. The first-order valence-corrected chi connectivity index (χ1v) is 11.2. The van der Waals surface area contributed by atoms with E-state index in [0.29, 0.717) is 35.8 Å². The van der Waals surface area contributed by atoms with Crippen molar-refractivity contribution < 1.29 is 22.2 Å². The average Bonchev–Trinajstić information content (AvgIpc) is 3.32.